The van der Waals surface area contributed by atoms with Gasteiger partial charge in [-0.15, -0.1) is 0 Å². The first kappa shape index (κ1) is 15.1. The minimum Gasteiger partial charge on any atom is -0.311 e. The highest BCUT2D eigenvalue weighted by Gasteiger charge is 2.63. The molecule has 4 nitrogen and oxygen atoms in total. The number of fused-ring (bicyclic) bond motifs is 3. The highest BCUT2D eigenvalue weighted by Crippen LogP contribution is 2.58. The molecule has 6 unspecified atom stereocenters. The first-order valence-electron chi connectivity index (χ1n) is 9.14. The fourth-order valence-corrected chi connectivity index (χ4v) is 5.58. The lowest BCUT2D eigenvalue weighted by Crippen LogP contribution is -2.55. The molecular weight excluding hydrogens is 280 g/mol. The van der Waals surface area contributed by atoms with E-state index in [9.17, 15) is 4.79 Å². The molecule has 6 atom stereocenters. The first-order valence-corrected chi connectivity index (χ1v) is 9.14. The number of Topliss-reactive ketones (excluding diaryl/α,β-unsaturated/α-hetero) is 1. The molecule has 4 aliphatic rings. The molecule has 0 radical (unpaired) electrons. The summed E-state index contributed by atoms with van der Waals surface area (Å²) in [6.07, 6.45) is 8.54. The Kier molecular flexibility index (Phi) is 3.63. The van der Waals surface area contributed by atoms with Gasteiger partial charge >= 0.3 is 0 Å². The molecule has 1 aliphatic heterocycles. The van der Waals surface area contributed by atoms with Gasteiger partial charge in [0.25, 0.3) is 0 Å². The quantitative estimate of drug-likeness (QED) is 0.687. The van der Waals surface area contributed by atoms with E-state index in [1.807, 2.05) is 0 Å². The van der Waals surface area contributed by atoms with Crippen molar-refractivity contribution in [3.8, 4) is 0 Å². The molecule has 3 saturated carbocycles. The van der Waals surface area contributed by atoms with E-state index < -0.39 is 11.6 Å². The Hall–Kier alpha value is -0.450. The Morgan fingerprint density at radius 2 is 2.05 bits per heavy atom. The van der Waals surface area contributed by atoms with Crippen LogP contribution in [0.2, 0.25) is 0 Å². The van der Waals surface area contributed by atoms with Crippen molar-refractivity contribution in [1.29, 1.82) is 0 Å². The lowest BCUT2D eigenvalue weighted by molar-refractivity contribution is -0.380. The molecule has 0 amide bonds. The van der Waals surface area contributed by atoms with Gasteiger partial charge in [0.05, 0.1) is 6.42 Å². The summed E-state index contributed by atoms with van der Waals surface area (Å²) in [5.74, 6) is 1.19. The van der Waals surface area contributed by atoms with Crippen LogP contribution in [0, 0.1) is 23.7 Å². The van der Waals surface area contributed by atoms with Crippen molar-refractivity contribution in [2.24, 2.45) is 23.7 Å². The van der Waals surface area contributed by atoms with E-state index in [0.717, 1.165) is 37.5 Å². The molecule has 0 aromatic heterocycles. The van der Waals surface area contributed by atoms with Gasteiger partial charge in [-0.3, -0.25) is 4.79 Å². The van der Waals surface area contributed by atoms with E-state index in [0.29, 0.717) is 24.7 Å². The molecule has 4 fully saturated rings. The molecule has 4 rings (SSSR count). The summed E-state index contributed by atoms with van der Waals surface area (Å²) >= 11 is 0. The number of ether oxygens (including phenoxy) is 1. The minimum absolute atomic E-state index is 0.241. The SMILES string of the molecule is CCC1CC2CC(C)CC(C2)C12OOC1(CCCC(=O)C1)O2. The van der Waals surface area contributed by atoms with E-state index >= 15 is 0 Å². The van der Waals surface area contributed by atoms with Crippen LogP contribution in [0.15, 0.2) is 0 Å². The molecule has 2 spiro atoms. The van der Waals surface area contributed by atoms with Gasteiger partial charge in [0.1, 0.15) is 5.78 Å². The summed E-state index contributed by atoms with van der Waals surface area (Å²) in [5, 5.41) is 0. The van der Waals surface area contributed by atoms with Gasteiger partial charge in [-0.2, -0.15) is 9.78 Å². The van der Waals surface area contributed by atoms with Crippen molar-refractivity contribution in [2.45, 2.75) is 83.2 Å². The lowest BCUT2D eigenvalue weighted by atomic mass is 9.61. The van der Waals surface area contributed by atoms with Crippen LogP contribution in [-0.2, 0) is 19.3 Å². The van der Waals surface area contributed by atoms with E-state index in [-0.39, 0.29) is 5.78 Å². The molecule has 4 heteroatoms. The van der Waals surface area contributed by atoms with Crippen LogP contribution in [0.4, 0.5) is 0 Å². The maximum atomic E-state index is 11.9. The average Bonchev–Trinajstić information content (AvgIpc) is 2.83. The van der Waals surface area contributed by atoms with Gasteiger partial charge in [0.2, 0.25) is 11.6 Å². The van der Waals surface area contributed by atoms with E-state index in [2.05, 4.69) is 13.8 Å². The Balaban J connectivity index is 1.62. The average molecular weight is 308 g/mol. The van der Waals surface area contributed by atoms with Gasteiger partial charge in [-0.25, -0.2) is 0 Å². The van der Waals surface area contributed by atoms with Crippen LogP contribution in [0.3, 0.4) is 0 Å². The second-order valence-corrected chi connectivity index (χ2v) is 8.19. The molecule has 2 bridgehead atoms. The van der Waals surface area contributed by atoms with Gasteiger partial charge in [-0.1, -0.05) is 13.8 Å². The highest BCUT2D eigenvalue weighted by molar-refractivity contribution is 5.80. The summed E-state index contributed by atoms with van der Waals surface area (Å²) < 4.78 is 6.56. The smallest absolute Gasteiger partial charge is 0.211 e. The first-order chi connectivity index (χ1) is 10.6. The second kappa shape index (κ2) is 5.29. The van der Waals surface area contributed by atoms with Gasteiger partial charge < -0.3 is 4.74 Å². The number of carbonyl (C=O) groups is 1. The second-order valence-electron chi connectivity index (χ2n) is 8.19. The van der Waals surface area contributed by atoms with Crippen LogP contribution < -0.4 is 0 Å². The third kappa shape index (κ3) is 2.26. The third-order valence-corrected chi connectivity index (χ3v) is 6.44. The van der Waals surface area contributed by atoms with Crippen molar-refractivity contribution >= 4 is 5.78 Å². The van der Waals surface area contributed by atoms with E-state index in [4.69, 9.17) is 14.5 Å². The van der Waals surface area contributed by atoms with Gasteiger partial charge in [0, 0.05) is 24.7 Å². The van der Waals surface area contributed by atoms with Crippen LogP contribution in [-0.4, -0.2) is 17.4 Å². The zero-order valence-corrected chi connectivity index (χ0v) is 13.8. The Morgan fingerprint density at radius 1 is 1.18 bits per heavy atom. The summed E-state index contributed by atoms with van der Waals surface area (Å²) in [5.41, 5.74) is 0. The fraction of sp³-hybridized carbons (Fsp3) is 0.944. The molecule has 1 heterocycles. The molecule has 124 valence electrons. The van der Waals surface area contributed by atoms with Crippen molar-refractivity contribution in [1.82, 2.24) is 0 Å². The standard InChI is InChI=1S/C18H28O4/c1-3-14-9-13-7-12(2)8-15(10-13)18(14)20-17(21-22-18)6-4-5-16(19)11-17/h12-15H,3-11H2,1-2H3. The summed E-state index contributed by atoms with van der Waals surface area (Å²) in [7, 11) is 0. The summed E-state index contributed by atoms with van der Waals surface area (Å²) in [6.45, 7) is 4.56. The fourth-order valence-electron chi connectivity index (χ4n) is 5.58. The van der Waals surface area contributed by atoms with Crippen molar-refractivity contribution < 1.29 is 19.3 Å². The molecule has 22 heavy (non-hydrogen) atoms. The number of hydrogen-bond donors (Lipinski definition) is 0. The maximum absolute atomic E-state index is 11.9. The van der Waals surface area contributed by atoms with Crippen molar-refractivity contribution in [3.05, 3.63) is 0 Å². The topological polar surface area (TPSA) is 44.8 Å². The summed E-state index contributed by atoms with van der Waals surface area (Å²) in [4.78, 5) is 23.6. The van der Waals surface area contributed by atoms with Crippen LogP contribution in [0.25, 0.3) is 0 Å². The number of carbonyl (C=O) groups excluding carboxylic acids is 1. The zero-order chi connectivity index (χ0) is 15.4. The molecule has 3 aliphatic carbocycles. The largest absolute Gasteiger partial charge is 0.311 e. The predicted molar refractivity (Wildman–Crippen MR) is 80.6 cm³/mol. The molecule has 0 aromatic rings. The third-order valence-electron chi connectivity index (χ3n) is 6.44. The highest BCUT2D eigenvalue weighted by atomic mass is 17.3. The monoisotopic (exact) mass is 308 g/mol. The predicted octanol–water partition coefficient (Wildman–Crippen LogP) is 3.98. The molecule has 1 saturated heterocycles. The number of hydrogen-bond acceptors (Lipinski definition) is 4. The van der Waals surface area contributed by atoms with Crippen LogP contribution >= 0.6 is 0 Å². The van der Waals surface area contributed by atoms with Crippen LogP contribution in [0.1, 0.15) is 71.6 Å². The van der Waals surface area contributed by atoms with Crippen LogP contribution in [0.5, 0.6) is 0 Å². The van der Waals surface area contributed by atoms with Crippen molar-refractivity contribution in [2.75, 3.05) is 0 Å². The van der Waals surface area contributed by atoms with E-state index in [1.54, 1.807) is 0 Å². The Morgan fingerprint density at radius 3 is 2.82 bits per heavy atom. The maximum Gasteiger partial charge on any atom is 0.211 e. The van der Waals surface area contributed by atoms with Gasteiger partial charge in [0.15, 0.2) is 0 Å². The minimum atomic E-state index is -0.795. The number of ketones is 1. The molecular formula is C18H28O4. The van der Waals surface area contributed by atoms with Crippen molar-refractivity contribution in [3.63, 3.8) is 0 Å². The molecule has 0 N–H and O–H groups in total. The number of rotatable bonds is 1. The zero-order valence-electron chi connectivity index (χ0n) is 13.8. The Bertz CT molecular complexity index is 462. The van der Waals surface area contributed by atoms with E-state index in [1.165, 1.54) is 19.3 Å². The summed E-state index contributed by atoms with van der Waals surface area (Å²) in [6, 6.07) is 0. The molecule has 0 aromatic carbocycles. The Labute approximate surface area is 132 Å². The lowest BCUT2D eigenvalue weighted by Gasteiger charge is -2.51. The normalized spacial score (nSPS) is 51.6. The van der Waals surface area contributed by atoms with Gasteiger partial charge in [-0.05, 0) is 50.4 Å².